The van der Waals surface area contributed by atoms with Crippen molar-refractivity contribution in [1.82, 2.24) is 0 Å². The Hall–Kier alpha value is -0.120. The molecule has 3 aliphatic rings. The first-order valence-corrected chi connectivity index (χ1v) is 8.09. The summed E-state index contributed by atoms with van der Waals surface area (Å²) in [5.74, 6) is 1.29. The van der Waals surface area contributed by atoms with Crippen LogP contribution in [0.2, 0.25) is 0 Å². The first kappa shape index (κ1) is 13.8. The van der Waals surface area contributed by atoms with E-state index in [1.54, 1.807) is 0 Å². The number of hydrogen-bond donors (Lipinski definition) is 2. The van der Waals surface area contributed by atoms with Gasteiger partial charge in [-0.3, -0.25) is 0 Å². The van der Waals surface area contributed by atoms with Gasteiger partial charge in [-0.2, -0.15) is 0 Å². The lowest BCUT2D eigenvalue weighted by atomic mass is 9.56. The van der Waals surface area contributed by atoms with Crippen LogP contribution in [0.4, 0.5) is 0 Å². The molecule has 1 aliphatic carbocycles. The summed E-state index contributed by atoms with van der Waals surface area (Å²) in [5.41, 5.74) is 5.40. The number of aliphatic hydroxyl groups is 1. The van der Waals surface area contributed by atoms with Gasteiger partial charge in [0.25, 0.3) is 0 Å². The van der Waals surface area contributed by atoms with Gasteiger partial charge in [-0.25, -0.2) is 0 Å². The second-order valence-corrected chi connectivity index (χ2v) is 7.52. The summed E-state index contributed by atoms with van der Waals surface area (Å²) >= 11 is 0. The Morgan fingerprint density at radius 1 is 1.26 bits per heavy atom. The average Bonchev–Trinajstić information content (AvgIpc) is 2.99. The van der Waals surface area contributed by atoms with Crippen LogP contribution < -0.4 is 5.73 Å². The predicted octanol–water partition coefficient (Wildman–Crippen LogP) is 2.46. The van der Waals surface area contributed by atoms with Crippen LogP contribution in [0, 0.1) is 17.3 Å². The Morgan fingerprint density at radius 3 is 2.58 bits per heavy atom. The molecule has 2 bridgehead atoms. The Balaban J connectivity index is 1.86. The Kier molecular flexibility index (Phi) is 3.43. The zero-order valence-electron chi connectivity index (χ0n) is 12.4. The van der Waals surface area contributed by atoms with E-state index in [4.69, 9.17) is 10.5 Å². The summed E-state index contributed by atoms with van der Waals surface area (Å²) < 4.78 is 6.05. The number of fused-ring (bicyclic) bond motifs is 2. The van der Waals surface area contributed by atoms with Gasteiger partial charge >= 0.3 is 0 Å². The number of ether oxygens (including phenoxy) is 1. The molecule has 5 unspecified atom stereocenters. The van der Waals surface area contributed by atoms with E-state index in [1.165, 1.54) is 6.42 Å². The van der Waals surface area contributed by atoms with Crippen LogP contribution in [-0.2, 0) is 4.74 Å². The zero-order valence-corrected chi connectivity index (χ0v) is 12.4. The van der Waals surface area contributed by atoms with Crippen LogP contribution in [0.25, 0.3) is 0 Å². The van der Waals surface area contributed by atoms with E-state index in [0.29, 0.717) is 24.5 Å². The minimum absolute atomic E-state index is 0.163. The molecule has 3 fully saturated rings. The van der Waals surface area contributed by atoms with Crippen LogP contribution in [-0.4, -0.2) is 29.5 Å². The lowest BCUT2D eigenvalue weighted by Gasteiger charge is -2.52. The molecule has 2 heterocycles. The summed E-state index contributed by atoms with van der Waals surface area (Å²) in [6.07, 6.45) is 8.04. The minimum Gasteiger partial charge on any atom is -0.389 e. The van der Waals surface area contributed by atoms with Crippen LogP contribution >= 0.6 is 0 Å². The highest BCUT2D eigenvalue weighted by Gasteiger charge is 2.62. The zero-order chi connectivity index (χ0) is 13.7. The second-order valence-electron chi connectivity index (χ2n) is 7.52. The number of hydrogen-bond acceptors (Lipinski definition) is 3. The lowest BCUT2D eigenvalue weighted by molar-refractivity contribution is -0.145. The van der Waals surface area contributed by atoms with Gasteiger partial charge in [-0.05, 0) is 50.4 Å². The molecular formula is C16H29NO2. The normalized spacial score (nSPS) is 50.1. The molecule has 110 valence electrons. The van der Waals surface area contributed by atoms with Crippen molar-refractivity contribution in [1.29, 1.82) is 0 Å². The van der Waals surface area contributed by atoms with Gasteiger partial charge in [0.1, 0.15) is 0 Å². The van der Waals surface area contributed by atoms with E-state index >= 15 is 0 Å². The molecule has 0 aromatic rings. The highest BCUT2D eigenvalue weighted by molar-refractivity contribution is 5.12. The summed E-state index contributed by atoms with van der Waals surface area (Å²) in [6, 6.07) is 0. The van der Waals surface area contributed by atoms with Gasteiger partial charge < -0.3 is 15.6 Å². The third kappa shape index (κ3) is 1.97. The quantitative estimate of drug-likeness (QED) is 0.826. The van der Waals surface area contributed by atoms with Crippen LogP contribution in [0.3, 0.4) is 0 Å². The summed E-state index contributed by atoms with van der Waals surface area (Å²) in [7, 11) is 0. The molecule has 0 radical (unpaired) electrons. The Bertz CT molecular complexity index is 346. The van der Waals surface area contributed by atoms with E-state index in [-0.39, 0.29) is 11.5 Å². The summed E-state index contributed by atoms with van der Waals surface area (Å²) in [4.78, 5) is 0. The highest BCUT2D eigenvalue weighted by Crippen LogP contribution is 2.57. The molecule has 19 heavy (non-hydrogen) atoms. The van der Waals surface area contributed by atoms with E-state index in [0.717, 1.165) is 38.5 Å². The van der Waals surface area contributed by atoms with Gasteiger partial charge in [0.15, 0.2) is 0 Å². The molecule has 3 N–H and O–H groups in total. The van der Waals surface area contributed by atoms with E-state index < -0.39 is 5.60 Å². The van der Waals surface area contributed by atoms with Gasteiger partial charge in [0.2, 0.25) is 0 Å². The third-order valence-electron chi connectivity index (χ3n) is 6.31. The maximum absolute atomic E-state index is 11.4. The van der Waals surface area contributed by atoms with Crippen molar-refractivity contribution in [2.24, 2.45) is 23.0 Å². The first-order chi connectivity index (χ1) is 9.01. The molecule has 2 aliphatic heterocycles. The number of rotatable bonds is 3. The highest BCUT2D eigenvalue weighted by atomic mass is 16.5. The molecule has 0 aromatic heterocycles. The van der Waals surface area contributed by atoms with Gasteiger partial charge in [0.05, 0.1) is 17.8 Å². The van der Waals surface area contributed by atoms with Crippen molar-refractivity contribution in [2.75, 3.05) is 6.54 Å². The standard InChI is InChI=1S/C16H29NO2/c1-11(2)12-4-3-7-16(18,8-12)15(10-17)9-13-5-6-14(15)19-13/h11-14,18H,3-10,17H2,1-2H3. The van der Waals surface area contributed by atoms with E-state index in [1.807, 2.05) is 0 Å². The van der Waals surface area contributed by atoms with Gasteiger partial charge in [-0.15, -0.1) is 0 Å². The third-order valence-corrected chi connectivity index (χ3v) is 6.31. The molecular weight excluding hydrogens is 238 g/mol. The SMILES string of the molecule is CC(C)C1CCCC(O)(C2(CN)CC3CCC2O3)C1. The van der Waals surface area contributed by atoms with Crippen molar-refractivity contribution in [2.45, 2.75) is 76.6 Å². The van der Waals surface area contributed by atoms with Crippen LogP contribution in [0.1, 0.15) is 58.8 Å². The summed E-state index contributed by atoms with van der Waals surface area (Å²) in [5, 5.41) is 11.4. The lowest BCUT2D eigenvalue weighted by Crippen LogP contribution is -2.59. The molecule has 0 spiro atoms. The maximum atomic E-state index is 11.4. The molecule has 0 aromatic carbocycles. The molecule has 5 atom stereocenters. The number of nitrogens with two attached hydrogens (primary N) is 1. The van der Waals surface area contributed by atoms with E-state index in [9.17, 15) is 5.11 Å². The molecule has 2 saturated heterocycles. The van der Waals surface area contributed by atoms with Crippen molar-refractivity contribution < 1.29 is 9.84 Å². The Morgan fingerprint density at radius 2 is 2.05 bits per heavy atom. The first-order valence-electron chi connectivity index (χ1n) is 8.09. The molecule has 0 amide bonds. The average molecular weight is 267 g/mol. The van der Waals surface area contributed by atoms with Gasteiger partial charge in [-0.1, -0.05) is 20.3 Å². The van der Waals surface area contributed by atoms with Crippen molar-refractivity contribution >= 4 is 0 Å². The summed E-state index contributed by atoms with van der Waals surface area (Å²) in [6.45, 7) is 5.14. The minimum atomic E-state index is -0.589. The fourth-order valence-electron chi connectivity index (χ4n) is 5.01. The van der Waals surface area contributed by atoms with Crippen molar-refractivity contribution in [3.05, 3.63) is 0 Å². The monoisotopic (exact) mass is 267 g/mol. The second kappa shape index (κ2) is 4.71. The van der Waals surface area contributed by atoms with Crippen LogP contribution in [0.5, 0.6) is 0 Å². The van der Waals surface area contributed by atoms with Crippen molar-refractivity contribution in [3.8, 4) is 0 Å². The Labute approximate surface area is 116 Å². The molecule has 3 heteroatoms. The molecule has 1 saturated carbocycles. The topological polar surface area (TPSA) is 55.5 Å². The van der Waals surface area contributed by atoms with Crippen molar-refractivity contribution in [3.63, 3.8) is 0 Å². The predicted molar refractivity (Wildman–Crippen MR) is 75.7 cm³/mol. The van der Waals surface area contributed by atoms with E-state index in [2.05, 4.69) is 13.8 Å². The maximum Gasteiger partial charge on any atom is 0.0744 e. The smallest absolute Gasteiger partial charge is 0.0744 e. The van der Waals surface area contributed by atoms with Gasteiger partial charge in [0, 0.05) is 12.0 Å². The molecule has 3 nitrogen and oxygen atoms in total. The fraction of sp³-hybridized carbons (Fsp3) is 1.00. The fourth-order valence-corrected chi connectivity index (χ4v) is 5.01. The molecule has 3 rings (SSSR count). The van der Waals surface area contributed by atoms with Crippen LogP contribution in [0.15, 0.2) is 0 Å². The largest absolute Gasteiger partial charge is 0.389 e.